The molecule has 0 atom stereocenters. The first-order chi connectivity index (χ1) is 9.22. The van der Waals surface area contributed by atoms with Crippen molar-refractivity contribution in [3.8, 4) is 5.75 Å². The number of ether oxygens (including phenoxy) is 2. The maximum Gasteiger partial charge on any atom is 0.257 e. The second kappa shape index (κ2) is 9.89. The van der Waals surface area contributed by atoms with E-state index in [0.717, 1.165) is 6.42 Å². The summed E-state index contributed by atoms with van der Waals surface area (Å²) in [5, 5.41) is 3.31. The molecule has 1 N–H and O–H groups in total. The Morgan fingerprint density at radius 3 is 2.89 bits per heavy atom. The number of hydrogen-bond acceptors (Lipinski definition) is 3. The zero-order chi connectivity index (χ0) is 13.9. The minimum atomic E-state index is -0.169. The molecule has 0 aliphatic rings. The van der Waals surface area contributed by atoms with Crippen molar-refractivity contribution in [3.63, 3.8) is 0 Å². The Kier molecular flexibility index (Phi) is 8.38. The van der Waals surface area contributed by atoms with Crippen molar-refractivity contribution >= 4 is 29.1 Å². The first-order valence-corrected chi connectivity index (χ1v) is 6.92. The average Bonchev–Trinajstić information content (AvgIpc) is 2.40. The van der Waals surface area contributed by atoms with Crippen LogP contribution >= 0.6 is 23.2 Å². The summed E-state index contributed by atoms with van der Waals surface area (Å²) in [4.78, 5) is 11.5. The third kappa shape index (κ3) is 7.93. The molecule has 4 nitrogen and oxygen atoms in total. The van der Waals surface area contributed by atoms with Gasteiger partial charge in [-0.05, 0) is 24.6 Å². The molecule has 106 valence electrons. The van der Waals surface area contributed by atoms with Crippen LogP contribution in [-0.4, -0.2) is 38.2 Å². The van der Waals surface area contributed by atoms with Gasteiger partial charge < -0.3 is 14.8 Å². The van der Waals surface area contributed by atoms with Crippen molar-refractivity contribution in [2.24, 2.45) is 0 Å². The molecule has 0 aromatic heterocycles. The van der Waals surface area contributed by atoms with Gasteiger partial charge in [-0.25, -0.2) is 0 Å². The van der Waals surface area contributed by atoms with Gasteiger partial charge in [-0.3, -0.25) is 4.79 Å². The van der Waals surface area contributed by atoms with E-state index in [9.17, 15) is 4.79 Å². The molecule has 1 aromatic carbocycles. The van der Waals surface area contributed by atoms with Gasteiger partial charge in [-0.2, -0.15) is 0 Å². The van der Waals surface area contributed by atoms with Crippen molar-refractivity contribution in [2.75, 3.05) is 32.2 Å². The lowest BCUT2D eigenvalue weighted by Gasteiger charge is -2.07. The van der Waals surface area contributed by atoms with Gasteiger partial charge in [-0.1, -0.05) is 17.7 Å². The molecule has 0 fully saturated rings. The molecule has 0 aliphatic carbocycles. The molecule has 1 aromatic rings. The largest absolute Gasteiger partial charge is 0.484 e. The summed E-state index contributed by atoms with van der Waals surface area (Å²) in [6.07, 6.45) is 0.750. The molecule has 0 aliphatic heterocycles. The molecular formula is C13H17Cl2NO3. The number of carbonyl (C=O) groups is 1. The Morgan fingerprint density at radius 1 is 1.32 bits per heavy atom. The van der Waals surface area contributed by atoms with Crippen molar-refractivity contribution < 1.29 is 14.3 Å². The average molecular weight is 306 g/mol. The van der Waals surface area contributed by atoms with Crippen molar-refractivity contribution in [2.45, 2.75) is 6.42 Å². The number of hydrogen-bond donors (Lipinski definition) is 1. The number of nitrogens with one attached hydrogen (secondary N) is 1. The Bertz CT molecular complexity index is 388. The smallest absolute Gasteiger partial charge is 0.257 e. The Labute approximate surface area is 123 Å². The molecule has 0 saturated carbocycles. The van der Waals surface area contributed by atoms with Crippen LogP contribution in [0.3, 0.4) is 0 Å². The minimum Gasteiger partial charge on any atom is -0.484 e. The molecular weight excluding hydrogens is 289 g/mol. The van der Waals surface area contributed by atoms with E-state index < -0.39 is 0 Å². The molecule has 0 heterocycles. The topological polar surface area (TPSA) is 47.6 Å². The fraction of sp³-hybridized carbons (Fsp3) is 0.462. The minimum absolute atomic E-state index is 0.0249. The van der Waals surface area contributed by atoms with E-state index in [2.05, 4.69) is 5.32 Å². The van der Waals surface area contributed by atoms with Crippen LogP contribution in [0.4, 0.5) is 0 Å². The van der Waals surface area contributed by atoms with Crippen LogP contribution in [0, 0.1) is 0 Å². The lowest BCUT2D eigenvalue weighted by Crippen LogP contribution is -2.30. The van der Waals surface area contributed by atoms with Gasteiger partial charge in [0.05, 0.1) is 6.61 Å². The fourth-order valence-electron chi connectivity index (χ4n) is 1.32. The zero-order valence-corrected chi connectivity index (χ0v) is 12.0. The third-order valence-corrected chi connectivity index (χ3v) is 2.56. The van der Waals surface area contributed by atoms with Crippen LogP contribution in [0.5, 0.6) is 5.75 Å². The second-order valence-electron chi connectivity index (χ2n) is 3.75. The van der Waals surface area contributed by atoms with Gasteiger partial charge in [0.15, 0.2) is 6.61 Å². The van der Waals surface area contributed by atoms with Crippen molar-refractivity contribution in [3.05, 3.63) is 29.3 Å². The fourth-order valence-corrected chi connectivity index (χ4v) is 1.60. The predicted molar refractivity (Wildman–Crippen MR) is 76.1 cm³/mol. The molecule has 6 heteroatoms. The number of amides is 1. The molecule has 0 unspecified atom stereocenters. The van der Waals surface area contributed by atoms with Gasteiger partial charge in [-0.15, -0.1) is 11.6 Å². The summed E-state index contributed by atoms with van der Waals surface area (Å²) < 4.78 is 10.5. The van der Waals surface area contributed by atoms with Crippen LogP contribution in [0.15, 0.2) is 24.3 Å². The van der Waals surface area contributed by atoms with E-state index in [0.29, 0.717) is 36.4 Å². The zero-order valence-electron chi connectivity index (χ0n) is 10.5. The van der Waals surface area contributed by atoms with Crippen LogP contribution in [0.1, 0.15) is 6.42 Å². The predicted octanol–water partition coefficient (Wildman–Crippen LogP) is 2.48. The van der Waals surface area contributed by atoms with Gasteiger partial charge in [0.2, 0.25) is 0 Å². The molecule has 0 bridgehead atoms. The lowest BCUT2D eigenvalue weighted by atomic mass is 10.3. The number of halogens is 2. The standard InChI is InChI=1S/C13H17Cl2NO3/c14-5-8-18-7-2-6-16-13(17)10-19-12-4-1-3-11(15)9-12/h1,3-4,9H,2,5-8,10H2,(H,16,17). The molecule has 1 amide bonds. The summed E-state index contributed by atoms with van der Waals surface area (Å²) >= 11 is 11.3. The second-order valence-corrected chi connectivity index (χ2v) is 4.57. The Balaban J connectivity index is 2.08. The highest BCUT2D eigenvalue weighted by Gasteiger charge is 2.02. The number of alkyl halides is 1. The van der Waals surface area contributed by atoms with Crippen LogP contribution in [-0.2, 0) is 9.53 Å². The SMILES string of the molecule is O=C(COc1cccc(Cl)c1)NCCCOCCCl. The van der Waals surface area contributed by atoms with Gasteiger partial charge in [0.25, 0.3) is 5.91 Å². The maximum atomic E-state index is 11.5. The monoisotopic (exact) mass is 305 g/mol. The summed E-state index contributed by atoms with van der Waals surface area (Å²) in [5.41, 5.74) is 0. The third-order valence-electron chi connectivity index (χ3n) is 2.18. The maximum absolute atomic E-state index is 11.5. The highest BCUT2D eigenvalue weighted by atomic mass is 35.5. The first-order valence-electron chi connectivity index (χ1n) is 6.01. The molecule has 19 heavy (non-hydrogen) atoms. The van der Waals surface area contributed by atoms with Gasteiger partial charge in [0, 0.05) is 24.1 Å². The van der Waals surface area contributed by atoms with E-state index >= 15 is 0 Å². The van der Waals surface area contributed by atoms with Crippen molar-refractivity contribution in [1.29, 1.82) is 0 Å². The molecule has 0 radical (unpaired) electrons. The highest BCUT2D eigenvalue weighted by Crippen LogP contribution is 2.16. The normalized spacial score (nSPS) is 10.2. The van der Waals surface area contributed by atoms with Crippen LogP contribution < -0.4 is 10.1 Å². The number of benzene rings is 1. The lowest BCUT2D eigenvalue weighted by molar-refractivity contribution is -0.123. The summed E-state index contributed by atoms with van der Waals surface area (Å²) in [7, 11) is 0. The quantitative estimate of drug-likeness (QED) is 0.563. The Morgan fingerprint density at radius 2 is 2.16 bits per heavy atom. The van der Waals surface area contributed by atoms with Gasteiger partial charge >= 0.3 is 0 Å². The van der Waals surface area contributed by atoms with E-state index in [4.69, 9.17) is 32.7 Å². The van der Waals surface area contributed by atoms with Crippen LogP contribution in [0.2, 0.25) is 5.02 Å². The van der Waals surface area contributed by atoms with E-state index in [1.54, 1.807) is 24.3 Å². The molecule has 0 spiro atoms. The van der Waals surface area contributed by atoms with Crippen LogP contribution in [0.25, 0.3) is 0 Å². The van der Waals surface area contributed by atoms with E-state index in [1.165, 1.54) is 0 Å². The van der Waals surface area contributed by atoms with Gasteiger partial charge in [0.1, 0.15) is 5.75 Å². The summed E-state index contributed by atoms with van der Waals surface area (Å²) in [6, 6.07) is 6.92. The summed E-state index contributed by atoms with van der Waals surface area (Å²) in [6.45, 7) is 1.65. The number of rotatable bonds is 9. The van der Waals surface area contributed by atoms with Crippen molar-refractivity contribution in [1.82, 2.24) is 5.32 Å². The molecule has 0 saturated heterocycles. The summed E-state index contributed by atoms with van der Waals surface area (Å²) in [5.74, 6) is 0.894. The highest BCUT2D eigenvalue weighted by molar-refractivity contribution is 6.30. The first kappa shape index (κ1) is 16.1. The Hall–Kier alpha value is -0.970. The van der Waals surface area contributed by atoms with E-state index in [1.807, 2.05) is 0 Å². The molecule has 1 rings (SSSR count). The number of carbonyl (C=O) groups excluding carboxylic acids is 1. The van der Waals surface area contributed by atoms with E-state index in [-0.39, 0.29) is 12.5 Å².